The van der Waals surface area contributed by atoms with Gasteiger partial charge in [0.15, 0.2) is 0 Å². The Labute approximate surface area is 111 Å². The number of hydrogen-bond acceptors (Lipinski definition) is 4. The molecule has 6 heteroatoms. The molecule has 0 saturated carbocycles. The van der Waals surface area contributed by atoms with Crippen molar-refractivity contribution in [3.8, 4) is 0 Å². The largest absolute Gasteiger partial charge is 0.333 e. The van der Waals surface area contributed by atoms with Gasteiger partial charge in [-0.15, -0.1) is 0 Å². The van der Waals surface area contributed by atoms with Crippen molar-refractivity contribution in [1.82, 2.24) is 9.55 Å². The van der Waals surface area contributed by atoms with Crippen LogP contribution in [0.5, 0.6) is 0 Å². The first-order valence-electron chi connectivity index (χ1n) is 6.04. The molecule has 0 fully saturated rings. The summed E-state index contributed by atoms with van der Waals surface area (Å²) in [6.07, 6.45) is 4.44. The lowest BCUT2D eigenvalue weighted by molar-refractivity contribution is -0.384. The number of aromatic nitrogens is 2. The van der Waals surface area contributed by atoms with Crippen LogP contribution in [0.4, 0.5) is 5.69 Å². The van der Waals surface area contributed by atoms with Crippen molar-refractivity contribution in [2.45, 2.75) is 25.9 Å². The Bertz CT molecular complexity index is 560. The molecule has 1 heterocycles. The first-order chi connectivity index (χ1) is 9.04. The fourth-order valence-corrected chi connectivity index (χ4v) is 1.86. The number of non-ortho nitro benzene ring substituents is 1. The molecular formula is C13H16N4O2. The van der Waals surface area contributed by atoms with Crippen LogP contribution >= 0.6 is 0 Å². The molecule has 0 bridgehead atoms. The van der Waals surface area contributed by atoms with E-state index in [9.17, 15) is 10.1 Å². The number of imidazole rings is 1. The molecule has 1 aromatic heterocycles. The minimum atomic E-state index is -0.401. The fraction of sp³-hybridized carbons (Fsp3) is 0.308. The van der Waals surface area contributed by atoms with Gasteiger partial charge in [0.2, 0.25) is 0 Å². The summed E-state index contributed by atoms with van der Waals surface area (Å²) >= 11 is 0. The molecule has 100 valence electrons. The Hall–Kier alpha value is -2.21. The minimum Gasteiger partial charge on any atom is -0.333 e. The SMILES string of the molecule is CC(N)Cc1cn(Cc2ccc([N+](=O)[O-])cc2)cn1. The van der Waals surface area contributed by atoms with Crippen LogP contribution in [0.15, 0.2) is 36.8 Å². The predicted octanol–water partition coefficient (Wildman–Crippen LogP) is 1.73. The number of rotatable bonds is 5. The standard InChI is InChI=1S/C13H16N4O2/c1-10(14)6-12-8-16(9-15-12)7-11-2-4-13(5-3-11)17(18)19/h2-5,8-10H,6-7,14H2,1H3. The molecule has 6 nitrogen and oxygen atoms in total. The monoisotopic (exact) mass is 260 g/mol. The fourth-order valence-electron chi connectivity index (χ4n) is 1.86. The molecule has 2 rings (SSSR count). The summed E-state index contributed by atoms with van der Waals surface area (Å²) in [7, 11) is 0. The molecule has 1 aromatic carbocycles. The van der Waals surface area contributed by atoms with Crippen LogP contribution in [0.2, 0.25) is 0 Å². The van der Waals surface area contributed by atoms with E-state index in [1.54, 1.807) is 18.5 Å². The number of nitro benzene ring substituents is 1. The molecule has 2 aromatic rings. The number of hydrogen-bond donors (Lipinski definition) is 1. The molecule has 0 aliphatic heterocycles. The Kier molecular flexibility index (Phi) is 3.91. The van der Waals surface area contributed by atoms with E-state index in [0.29, 0.717) is 6.54 Å². The third-order valence-corrected chi connectivity index (χ3v) is 2.73. The zero-order chi connectivity index (χ0) is 13.8. The summed E-state index contributed by atoms with van der Waals surface area (Å²) in [5.41, 5.74) is 7.77. The van der Waals surface area contributed by atoms with E-state index in [-0.39, 0.29) is 11.7 Å². The van der Waals surface area contributed by atoms with Gasteiger partial charge >= 0.3 is 0 Å². The highest BCUT2D eigenvalue weighted by molar-refractivity contribution is 5.32. The van der Waals surface area contributed by atoms with Crippen LogP contribution in [0.25, 0.3) is 0 Å². The van der Waals surface area contributed by atoms with Crippen LogP contribution in [0, 0.1) is 10.1 Å². The van der Waals surface area contributed by atoms with Crippen LogP contribution in [0.3, 0.4) is 0 Å². The number of benzene rings is 1. The maximum atomic E-state index is 10.6. The zero-order valence-electron chi connectivity index (χ0n) is 10.7. The Morgan fingerprint density at radius 3 is 2.68 bits per heavy atom. The number of nitro groups is 1. The van der Waals surface area contributed by atoms with Gasteiger partial charge in [-0.1, -0.05) is 12.1 Å². The summed E-state index contributed by atoms with van der Waals surface area (Å²) in [6, 6.07) is 6.61. The van der Waals surface area contributed by atoms with Gasteiger partial charge < -0.3 is 10.3 Å². The summed E-state index contributed by atoms with van der Waals surface area (Å²) in [5.74, 6) is 0. The maximum absolute atomic E-state index is 10.6. The second-order valence-electron chi connectivity index (χ2n) is 4.64. The molecule has 1 atom stereocenters. The molecule has 0 amide bonds. The topological polar surface area (TPSA) is 87.0 Å². The lowest BCUT2D eigenvalue weighted by Gasteiger charge is -2.02. The lowest BCUT2D eigenvalue weighted by Crippen LogP contribution is -2.17. The molecule has 0 spiro atoms. The van der Waals surface area contributed by atoms with Gasteiger partial charge in [0.25, 0.3) is 5.69 Å². The van der Waals surface area contributed by atoms with Crippen molar-refractivity contribution in [2.24, 2.45) is 5.73 Å². The third-order valence-electron chi connectivity index (χ3n) is 2.73. The summed E-state index contributed by atoms with van der Waals surface area (Å²) < 4.78 is 1.94. The highest BCUT2D eigenvalue weighted by atomic mass is 16.6. The van der Waals surface area contributed by atoms with Crippen molar-refractivity contribution in [1.29, 1.82) is 0 Å². The Balaban J connectivity index is 2.04. The van der Waals surface area contributed by atoms with Crippen LogP contribution in [-0.2, 0) is 13.0 Å². The van der Waals surface area contributed by atoms with Crippen LogP contribution in [-0.4, -0.2) is 20.5 Å². The van der Waals surface area contributed by atoms with Crippen LogP contribution in [0.1, 0.15) is 18.2 Å². The maximum Gasteiger partial charge on any atom is 0.269 e. The van der Waals surface area contributed by atoms with Gasteiger partial charge in [-0.2, -0.15) is 0 Å². The van der Waals surface area contributed by atoms with Gasteiger partial charge in [-0.05, 0) is 12.5 Å². The van der Waals surface area contributed by atoms with E-state index in [1.807, 2.05) is 17.7 Å². The van der Waals surface area contributed by atoms with Gasteiger partial charge in [-0.25, -0.2) is 4.98 Å². The lowest BCUT2D eigenvalue weighted by atomic mass is 10.2. The second-order valence-corrected chi connectivity index (χ2v) is 4.64. The van der Waals surface area contributed by atoms with Gasteiger partial charge in [0.05, 0.1) is 16.9 Å². The van der Waals surface area contributed by atoms with Crippen molar-refractivity contribution in [3.63, 3.8) is 0 Å². The number of nitrogens with two attached hydrogens (primary N) is 1. The molecule has 0 aliphatic rings. The molecule has 1 unspecified atom stereocenters. The highest BCUT2D eigenvalue weighted by Crippen LogP contribution is 2.13. The molecule has 0 radical (unpaired) electrons. The first kappa shape index (κ1) is 13.2. The minimum absolute atomic E-state index is 0.0859. The Morgan fingerprint density at radius 2 is 2.11 bits per heavy atom. The summed E-state index contributed by atoms with van der Waals surface area (Å²) in [5, 5.41) is 10.6. The average molecular weight is 260 g/mol. The molecule has 19 heavy (non-hydrogen) atoms. The normalized spacial score (nSPS) is 12.3. The van der Waals surface area contributed by atoms with Crippen molar-refractivity contribution < 1.29 is 4.92 Å². The van der Waals surface area contributed by atoms with E-state index < -0.39 is 4.92 Å². The molecule has 0 aliphatic carbocycles. The molecular weight excluding hydrogens is 244 g/mol. The average Bonchev–Trinajstić information content (AvgIpc) is 2.76. The van der Waals surface area contributed by atoms with Crippen LogP contribution < -0.4 is 5.73 Å². The van der Waals surface area contributed by atoms with E-state index in [4.69, 9.17) is 5.73 Å². The third kappa shape index (κ3) is 3.62. The quantitative estimate of drug-likeness (QED) is 0.655. The van der Waals surface area contributed by atoms with Gasteiger partial charge in [0, 0.05) is 37.3 Å². The van der Waals surface area contributed by atoms with Crippen molar-refractivity contribution in [3.05, 3.63) is 58.2 Å². The first-order valence-corrected chi connectivity index (χ1v) is 6.04. The van der Waals surface area contributed by atoms with Crippen molar-refractivity contribution >= 4 is 5.69 Å². The number of nitrogens with zero attached hydrogens (tertiary/aromatic N) is 3. The van der Waals surface area contributed by atoms with Crippen molar-refractivity contribution in [2.75, 3.05) is 0 Å². The van der Waals surface area contributed by atoms with E-state index >= 15 is 0 Å². The highest BCUT2D eigenvalue weighted by Gasteiger charge is 2.05. The zero-order valence-corrected chi connectivity index (χ0v) is 10.7. The smallest absolute Gasteiger partial charge is 0.269 e. The van der Waals surface area contributed by atoms with E-state index in [1.165, 1.54) is 12.1 Å². The van der Waals surface area contributed by atoms with E-state index in [0.717, 1.165) is 17.7 Å². The van der Waals surface area contributed by atoms with Gasteiger partial charge in [-0.3, -0.25) is 10.1 Å². The summed E-state index contributed by atoms with van der Waals surface area (Å²) in [6.45, 7) is 2.58. The predicted molar refractivity (Wildman–Crippen MR) is 71.8 cm³/mol. The summed E-state index contributed by atoms with van der Waals surface area (Å²) in [4.78, 5) is 14.4. The Morgan fingerprint density at radius 1 is 1.42 bits per heavy atom. The molecule has 0 saturated heterocycles. The molecule has 2 N–H and O–H groups in total. The van der Waals surface area contributed by atoms with Gasteiger partial charge in [0.1, 0.15) is 0 Å². The van der Waals surface area contributed by atoms with E-state index in [2.05, 4.69) is 4.98 Å². The second kappa shape index (κ2) is 5.62.